The smallest absolute Gasteiger partial charge is 0.260 e. The van der Waals surface area contributed by atoms with Crippen molar-refractivity contribution in [3.63, 3.8) is 0 Å². The first-order valence-corrected chi connectivity index (χ1v) is 9.20. The van der Waals surface area contributed by atoms with Crippen molar-refractivity contribution in [3.8, 4) is 0 Å². The number of amides is 2. The van der Waals surface area contributed by atoms with Crippen LogP contribution in [0.1, 0.15) is 34.1 Å². The molecule has 0 spiro atoms. The second kappa shape index (κ2) is 8.27. The van der Waals surface area contributed by atoms with Gasteiger partial charge in [-0.1, -0.05) is 48.0 Å². The highest BCUT2D eigenvalue weighted by Gasteiger charge is 2.21. The molecule has 2 amide bonds. The van der Waals surface area contributed by atoms with Crippen molar-refractivity contribution < 1.29 is 9.59 Å². The molecule has 28 heavy (non-hydrogen) atoms. The standard InChI is InChI=1S/C21H21ClN4O2/c1-13-17(23-15(3)27)10-7-11-18(13)24-21(28)19-14(2)25-26(20(19)22)12-16-8-5-4-6-9-16/h4-11H,12H2,1-3H3,(H,23,27)(H,24,28). The minimum absolute atomic E-state index is 0.173. The maximum absolute atomic E-state index is 12.9. The fraction of sp³-hybridized carbons (Fsp3) is 0.190. The number of nitrogens with one attached hydrogen (secondary N) is 2. The number of aryl methyl sites for hydroxylation is 1. The van der Waals surface area contributed by atoms with Gasteiger partial charge in [0.15, 0.2) is 0 Å². The highest BCUT2D eigenvalue weighted by atomic mass is 35.5. The first kappa shape index (κ1) is 19.6. The van der Waals surface area contributed by atoms with E-state index in [-0.39, 0.29) is 17.0 Å². The lowest BCUT2D eigenvalue weighted by molar-refractivity contribution is -0.114. The van der Waals surface area contributed by atoms with Gasteiger partial charge in [-0.2, -0.15) is 5.10 Å². The Balaban J connectivity index is 1.85. The van der Waals surface area contributed by atoms with Gasteiger partial charge < -0.3 is 10.6 Å². The molecule has 3 aromatic rings. The van der Waals surface area contributed by atoms with Crippen molar-refractivity contribution in [2.24, 2.45) is 0 Å². The summed E-state index contributed by atoms with van der Waals surface area (Å²) in [5.41, 5.74) is 3.93. The Kier molecular flexibility index (Phi) is 5.80. The largest absolute Gasteiger partial charge is 0.326 e. The van der Waals surface area contributed by atoms with Crippen molar-refractivity contribution in [1.29, 1.82) is 0 Å². The van der Waals surface area contributed by atoms with Gasteiger partial charge in [-0.25, -0.2) is 4.68 Å². The number of carbonyl (C=O) groups excluding carboxylic acids is 2. The van der Waals surface area contributed by atoms with Crippen molar-refractivity contribution in [2.45, 2.75) is 27.3 Å². The number of anilines is 2. The van der Waals surface area contributed by atoms with E-state index in [4.69, 9.17) is 11.6 Å². The van der Waals surface area contributed by atoms with Crippen LogP contribution < -0.4 is 10.6 Å². The van der Waals surface area contributed by atoms with Crippen LogP contribution in [-0.4, -0.2) is 21.6 Å². The molecule has 144 valence electrons. The molecule has 3 rings (SSSR count). The predicted octanol–water partition coefficient (Wildman–Crippen LogP) is 4.41. The number of hydrogen-bond acceptors (Lipinski definition) is 3. The van der Waals surface area contributed by atoms with Crippen LogP contribution in [0.15, 0.2) is 48.5 Å². The average Bonchev–Trinajstić information content (AvgIpc) is 2.92. The molecule has 0 fully saturated rings. The van der Waals surface area contributed by atoms with Gasteiger partial charge in [0, 0.05) is 18.3 Å². The number of nitrogens with zero attached hydrogens (tertiary/aromatic N) is 2. The fourth-order valence-electron chi connectivity index (χ4n) is 2.95. The summed E-state index contributed by atoms with van der Waals surface area (Å²) in [7, 11) is 0. The molecule has 0 unspecified atom stereocenters. The van der Waals surface area contributed by atoms with Gasteiger partial charge in [-0.15, -0.1) is 0 Å². The van der Waals surface area contributed by atoms with Crippen LogP contribution >= 0.6 is 11.6 Å². The summed E-state index contributed by atoms with van der Waals surface area (Å²) in [4.78, 5) is 24.2. The molecule has 0 bridgehead atoms. The van der Waals surface area contributed by atoms with E-state index in [2.05, 4.69) is 15.7 Å². The number of aromatic nitrogens is 2. The normalized spacial score (nSPS) is 10.6. The van der Waals surface area contributed by atoms with Gasteiger partial charge in [0.25, 0.3) is 5.91 Å². The second-order valence-electron chi connectivity index (χ2n) is 6.51. The lowest BCUT2D eigenvalue weighted by Gasteiger charge is -2.12. The highest BCUT2D eigenvalue weighted by Crippen LogP contribution is 2.26. The van der Waals surface area contributed by atoms with E-state index in [9.17, 15) is 9.59 Å². The van der Waals surface area contributed by atoms with Crippen molar-refractivity contribution in [2.75, 3.05) is 10.6 Å². The lowest BCUT2D eigenvalue weighted by Crippen LogP contribution is -2.15. The first-order chi connectivity index (χ1) is 13.4. The van der Waals surface area contributed by atoms with Gasteiger partial charge in [0.05, 0.1) is 17.8 Å². The van der Waals surface area contributed by atoms with Gasteiger partial charge in [-0.05, 0) is 37.1 Å². The summed E-state index contributed by atoms with van der Waals surface area (Å²) in [6.45, 7) is 5.50. The van der Waals surface area contributed by atoms with Crippen molar-refractivity contribution in [1.82, 2.24) is 9.78 Å². The van der Waals surface area contributed by atoms with Crippen LogP contribution in [-0.2, 0) is 11.3 Å². The van der Waals surface area contributed by atoms with Crippen LogP contribution in [0.25, 0.3) is 0 Å². The Morgan fingerprint density at radius 2 is 1.64 bits per heavy atom. The van der Waals surface area contributed by atoms with Crippen LogP contribution in [0.5, 0.6) is 0 Å². The summed E-state index contributed by atoms with van der Waals surface area (Å²) in [5, 5.41) is 10.3. The third-order valence-corrected chi connectivity index (χ3v) is 4.74. The average molecular weight is 397 g/mol. The molecular formula is C21H21ClN4O2. The van der Waals surface area contributed by atoms with E-state index in [0.29, 0.717) is 29.2 Å². The summed E-state index contributed by atoms with van der Waals surface area (Å²) in [6, 6.07) is 15.1. The Morgan fingerprint density at radius 1 is 1.00 bits per heavy atom. The molecule has 1 heterocycles. The van der Waals surface area contributed by atoms with E-state index in [1.807, 2.05) is 37.3 Å². The number of hydrogen-bond donors (Lipinski definition) is 2. The molecule has 0 saturated carbocycles. The number of benzene rings is 2. The Morgan fingerprint density at radius 3 is 2.29 bits per heavy atom. The molecule has 0 radical (unpaired) electrons. The molecule has 0 aliphatic heterocycles. The highest BCUT2D eigenvalue weighted by molar-refractivity contribution is 6.33. The molecule has 0 aliphatic rings. The van der Waals surface area contributed by atoms with Gasteiger partial charge in [0.2, 0.25) is 5.91 Å². The zero-order valence-electron chi connectivity index (χ0n) is 15.9. The molecular weight excluding hydrogens is 376 g/mol. The van der Waals surface area contributed by atoms with Crippen LogP contribution in [0.3, 0.4) is 0 Å². The molecule has 0 saturated heterocycles. The molecule has 2 aromatic carbocycles. The van der Waals surface area contributed by atoms with E-state index in [1.54, 1.807) is 29.8 Å². The maximum atomic E-state index is 12.9. The summed E-state index contributed by atoms with van der Waals surface area (Å²) in [5.74, 6) is -0.516. The minimum Gasteiger partial charge on any atom is -0.326 e. The predicted molar refractivity (Wildman–Crippen MR) is 111 cm³/mol. The van der Waals surface area contributed by atoms with Gasteiger partial charge >= 0.3 is 0 Å². The van der Waals surface area contributed by atoms with Crippen molar-refractivity contribution >= 4 is 34.8 Å². The quantitative estimate of drug-likeness (QED) is 0.670. The summed E-state index contributed by atoms with van der Waals surface area (Å²) in [6.07, 6.45) is 0. The summed E-state index contributed by atoms with van der Waals surface area (Å²) < 4.78 is 1.61. The summed E-state index contributed by atoms with van der Waals surface area (Å²) >= 11 is 6.46. The zero-order valence-corrected chi connectivity index (χ0v) is 16.7. The monoisotopic (exact) mass is 396 g/mol. The Bertz CT molecular complexity index is 1030. The van der Waals surface area contributed by atoms with E-state index < -0.39 is 0 Å². The molecule has 6 nitrogen and oxygen atoms in total. The molecule has 2 N–H and O–H groups in total. The van der Waals surface area contributed by atoms with Crippen LogP contribution in [0.4, 0.5) is 11.4 Å². The second-order valence-corrected chi connectivity index (χ2v) is 6.87. The van der Waals surface area contributed by atoms with E-state index in [0.717, 1.165) is 11.1 Å². The number of rotatable bonds is 5. The van der Waals surface area contributed by atoms with Crippen molar-refractivity contribution in [3.05, 3.63) is 76.1 Å². The number of halogens is 1. The number of carbonyl (C=O) groups is 2. The van der Waals surface area contributed by atoms with Crippen LogP contribution in [0.2, 0.25) is 5.15 Å². The molecule has 7 heteroatoms. The zero-order chi connectivity index (χ0) is 20.3. The minimum atomic E-state index is -0.343. The van der Waals surface area contributed by atoms with E-state index >= 15 is 0 Å². The van der Waals surface area contributed by atoms with Crippen LogP contribution in [0, 0.1) is 13.8 Å². The van der Waals surface area contributed by atoms with Gasteiger partial charge in [0.1, 0.15) is 5.15 Å². The molecule has 1 aromatic heterocycles. The Labute approximate surface area is 168 Å². The third kappa shape index (κ3) is 4.23. The fourth-order valence-corrected chi connectivity index (χ4v) is 3.27. The molecule has 0 aliphatic carbocycles. The van der Waals surface area contributed by atoms with E-state index in [1.165, 1.54) is 6.92 Å². The topological polar surface area (TPSA) is 76.0 Å². The first-order valence-electron chi connectivity index (χ1n) is 8.82. The van der Waals surface area contributed by atoms with Gasteiger partial charge in [-0.3, -0.25) is 9.59 Å². The molecule has 0 atom stereocenters. The third-order valence-electron chi connectivity index (χ3n) is 4.36. The Hall–Kier alpha value is -3.12. The maximum Gasteiger partial charge on any atom is 0.260 e. The SMILES string of the molecule is CC(=O)Nc1cccc(NC(=O)c2c(C)nn(Cc3ccccc3)c2Cl)c1C. The lowest BCUT2D eigenvalue weighted by atomic mass is 10.1.